The summed E-state index contributed by atoms with van der Waals surface area (Å²) in [7, 11) is 0. The van der Waals surface area contributed by atoms with Gasteiger partial charge in [-0.1, -0.05) is 0 Å². The maximum Gasteiger partial charge on any atom is 0.109 e. The van der Waals surface area contributed by atoms with Gasteiger partial charge in [-0.3, -0.25) is 4.68 Å². The summed E-state index contributed by atoms with van der Waals surface area (Å²) in [5.74, 6) is 0. The Kier molecular flexibility index (Phi) is 4.24. The van der Waals surface area contributed by atoms with Crippen molar-refractivity contribution < 1.29 is 5.11 Å². The van der Waals surface area contributed by atoms with Crippen LogP contribution in [0.1, 0.15) is 18.0 Å². The molecule has 2 heterocycles. The van der Waals surface area contributed by atoms with Gasteiger partial charge < -0.3 is 10.4 Å². The summed E-state index contributed by atoms with van der Waals surface area (Å²) in [4.78, 5) is 4.23. The zero-order valence-electron chi connectivity index (χ0n) is 9.65. The molecule has 2 rings (SSSR count). The van der Waals surface area contributed by atoms with Crippen molar-refractivity contribution in [2.75, 3.05) is 6.54 Å². The Morgan fingerprint density at radius 3 is 3.06 bits per heavy atom. The van der Waals surface area contributed by atoms with Crippen LogP contribution in [-0.4, -0.2) is 32.5 Å². The maximum absolute atomic E-state index is 9.83. The van der Waals surface area contributed by atoms with Gasteiger partial charge in [0.1, 0.15) is 5.01 Å². The number of nitrogens with one attached hydrogen (secondary N) is 1. The van der Waals surface area contributed by atoms with E-state index in [1.807, 2.05) is 24.6 Å². The first kappa shape index (κ1) is 12.2. The molecule has 2 aromatic heterocycles. The van der Waals surface area contributed by atoms with E-state index in [-0.39, 0.29) is 6.04 Å². The monoisotopic (exact) mass is 252 g/mol. The lowest BCUT2D eigenvalue weighted by atomic mass is 10.3. The van der Waals surface area contributed by atoms with Gasteiger partial charge in [0, 0.05) is 30.5 Å². The molecule has 0 aliphatic heterocycles. The molecule has 0 saturated carbocycles. The minimum absolute atomic E-state index is 0.169. The number of hydrogen-bond donors (Lipinski definition) is 2. The van der Waals surface area contributed by atoms with Crippen LogP contribution >= 0.6 is 11.3 Å². The molecule has 17 heavy (non-hydrogen) atoms. The molecule has 0 radical (unpaired) electrons. The number of aliphatic hydroxyl groups is 1. The van der Waals surface area contributed by atoms with Gasteiger partial charge in [-0.15, -0.1) is 11.3 Å². The van der Waals surface area contributed by atoms with Crippen molar-refractivity contribution in [2.24, 2.45) is 0 Å². The first-order chi connectivity index (χ1) is 8.25. The Bertz CT molecular complexity index is 415. The number of aromatic nitrogens is 3. The molecule has 2 unspecified atom stereocenters. The van der Waals surface area contributed by atoms with Gasteiger partial charge in [0.15, 0.2) is 0 Å². The van der Waals surface area contributed by atoms with Crippen LogP contribution in [0.15, 0.2) is 30.0 Å². The lowest BCUT2D eigenvalue weighted by Gasteiger charge is -2.15. The van der Waals surface area contributed by atoms with E-state index in [2.05, 4.69) is 15.4 Å². The minimum atomic E-state index is -0.447. The lowest BCUT2D eigenvalue weighted by Crippen LogP contribution is -2.32. The third-order valence-corrected chi connectivity index (χ3v) is 3.40. The van der Waals surface area contributed by atoms with Crippen LogP contribution in [0.4, 0.5) is 0 Å². The zero-order valence-corrected chi connectivity index (χ0v) is 10.5. The second kappa shape index (κ2) is 5.90. The highest BCUT2D eigenvalue weighted by Gasteiger charge is 2.10. The average Bonchev–Trinajstić information content (AvgIpc) is 2.97. The van der Waals surface area contributed by atoms with E-state index in [1.165, 1.54) is 0 Å². The lowest BCUT2D eigenvalue weighted by molar-refractivity contribution is 0.143. The predicted molar refractivity (Wildman–Crippen MR) is 66.8 cm³/mol. The van der Waals surface area contributed by atoms with E-state index in [0.717, 1.165) is 5.01 Å². The van der Waals surface area contributed by atoms with Crippen LogP contribution < -0.4 is 5.32 Å². The topological polar surface area (TPSA) is 63.0 Å². The van der Waals surface area contributed by atoms with Crippen LogP contribution in [0.3, 0.4) is 0 Å². The van der Waals surface area contributed by atoms with E-state index < -0.39 is 6.10 Å². The van der Waals surface area contributed by atoms with Crippen LogP contribution in [-0.2, 0) is 6.54 Å². The third kappa shape index (κ3) is 3.62. The first-order valence-corrected chi connectivity index (χ1v) is 6.42. The summed E-state index contributed by atoms with van der Waals surface area (Å²) < 4.78 is 1.72. The third-order valence-electron chi connectivity index (χ3n) is 2.44. The van der Waals surface area contributed by atoms with Crippen molar-refractivity contribution in [1.29, 1.82) is 0 Å². The molecule has 92 valence electrons. The summed E-state index contributed by atoms with van der Waals surface area (Å²) in [6.45, 7) is 3.07. The molecule has 0 fully saturated rings. The van der Waals surface area contributed by atoms with Gasteiger partial charge in [-0.25, -0.2) is 4.98 Å². The quantitative estimate of drug-likeness (QED) is 0.806. The average molecular weight is 252 g/mol. The SMILES string of the molecule is CC(NCC(O)Cn1cccn1)c1nccs1. The highest BCUT2D eigenvalue weighted by Crippen LogP contribution is 2.14. The molecule has 0 saturated heterocycles. The van der Waals surface area contributed by atoms with Crippen molar-refractivity contribution >= 4 is 11.3 Å². The molecule has 5 nitrogen and oxygen atoms in total. The molecule has 0 spiro atoms. The molecule has 0 amide bonds. The van der Waals surface area contributed by atoms with Crippen molar-refractivity contribution in [3.63, 3.8) is 0 Å². The second-order valence-electron chi connectivity index (χ2n) is 3.88. The van der Waals surface area contributed by atoms with Crippen molar-refractivity contribution in [3.05, 3.63) is 35.0 Å². The Hall–Kier alpha value is -1.24. The normalized spacial score (nSPS) is 14.7. The van der Waals surface area contributed by atoms with Crippen molar-refractivity contribution in [2.45, 2.75) is 25.6 Å². The molecule has 0 aliphatic carbocycles. The summed E-state index contributed by atoms with van der Waals surface area (Å²) in [5, 5.41) is 20.1. The molecular formula is C11H16N4OS. The minimum Gasteiger partial charge on any atom is -0.390 e. The summed E-state index contributed by atoms with van der Waals surface area (Å²) >= 11 is 1.62. The largest absolute Gasteiger partial charge is 0.390 e. The van der Waals surface area contributed by atoms with Gasteiger partial charge in [-0.05, 0) is 13.0 Å². The number of nitrogens with zero attached hydrogens (tertiary/aromatic N) is 3. The Balaban J connectivity index is 1.74. The van der Waals surface area contributed by atoms with Gasteiger partial charge >= 0.3 is 0 Å². The van der Waals surface area contributed by atoms with Gasteiger partial charge in [0.2, 0.25) is 0 Å². The maximum atomic E-state index is 9.83. The first-order valence-electron chi connectivity index (χ1n) is 5.54. The van der Waals surface area contributed by atoms with E-state index in [9.17, 15) is 5.11 Å². The predicted octanol–water partition coefficient (Wildman–Crippen LogP) is 1.05. The van der Waals surface area contributed by atoms with Gasteiger partial charge in [0.25, 0.3) is 0 Å². The number of aliphatic hydroxyl groups excluding tert-OH is 1. The molecule has 0 aromatic carbocycles. The fraction of sp³-hybridized carbons (Fsp3) is 0.455. The molecule has 0 aliphatic rings. The fourth-order valence-electron chi connectivity index (χ4n) is 1.54. The standard InChI is InChI=1S/C11H16N4OS/c1-9(11-12-4-6-17-11)13-7-10(16)8-15-5-2-3-14-15/h2-6,9-10,13,16H,7-8H2,1H3. The van der Waals surface area contributed by atoms with Crippen molar-refractivity contribution in [1.82, 2.24) is 20.1 Å². The smallest absolute Gasteiger partial charge is 0.109 e. The highest BCUT2D eigenvalue weighted by atomic mass is 32.1. The van der Waals surface area contributed by atoms with E-state index in [1.54, 1.807) is 28.4 Å². The number of hydrogen-bond acceptors (Lipinski definition) is 5. The van der Waals surface area contributed by atoms with Crippen LogP contribution in [0.25, 0.3) is 0 Å². The second-order valence-corrected chi connectivity index (χ2v) is 4.81. The molecule has 6 heteroatoms. The van der Waals surface area contributed by atoms with Crippen LogP contribution in [0.2, 0.25) is 0 Å². The number of rotatable bonds is 6. The highest BCUT2D eigenvalue weighted by molar-refractivity contribution is 7.09. The fourth-order valence-corrected chi connectivity index (χ4v) is 2.21. The summed E-state index contributed by atoms with van der Waals surface area (Å²) in [6, 6.07) is 2.01. The Labute approximate surface area is 104 Å². The molecule has 2 atom stereocenters. The molecule has 2 N–H and O–H groups in total. The van der Waals surface area contributed by atoms with Crippen LogP contribution in [0, 0.1) is 0 Å². The molecule has 2 aromatic rings. The molecule has 0 bridgehead atoms. The van der Waals surface area contributed by atoms with Crippen LogP contribution in [0.5, 0.6) is 0 Å². The number of thiazole rings is 1. The molecular weight excluding hydrogens is 236 g/mol. The Morgan fingerprint density at radius 1 is 1.53 bits per heavy atom. The van der Waals surface area contributed by atoms with E-state index >= 15 is 0 Å². The van der Waals surface area contributed by atoms with Gasteiger partial charge in [0.05, 0.1) is 18.7 Å². The Morgan fingerprint density at radius 2 is 2.41 bits per heavy atom. The van der Waals surface area contributed by atoms with E-state index in [0.29, 0.717) is 13.1 Å². The summed E-state index contributed by atoms with van der Waals surface area (Å²) in [6.07, 6.45) is 4.89. The van der Waals surface area contributed by atoms with Crippen molar-refractivity contribution in [3.8, 4) is 0 Å². The van der Waals surface area contributed by atoms with E-state index in [4.69, 9.17) is 0 Å². The zero-order chi connectivity index (χ0) is 12.1. The summed E-state index contributed by atoms with van der Waals surface area (Å²) in [5.41, 5.74) is 0. The van der Waals surface area contributed by atoms with Gasteiger partial charge in [-0.2, -0.15) is 5.10 Å².